The molecule has 0 saturated carbocycles. The SMILES string of the molecule is CCC1CCN(C/C=C(/C)C(=O)OC)C1. The molecule has 0 aliphatic carbocycles. The molecule has 1 atom stereocenters. The molecule has 15 heavy (non-hydrogen) atoms. The number of nitrogens with zero attached hydrogens (tertiary/aromatic N) is 1. The molecule has 0 bridgehead atoms. The summed E-state index contributed by atoms with van der Waals surface area (Å²) < 4.78 is 4.64. The highest BCUT2D eigenvalue weighted by Crippen LogP contribution is 2.18. The average Bonchev–Trinajstić information content (AvgIpc) is 2.72. The van der Waals surface area contributed by atoms with E-state index in [1.165, 1.54) is 26.5 Å². The molecule has 0 amide bonds. The van der Waals surface area contributed by atoms with E-state index in [1.807, 2.05) is 6.08 Å². The summed E-state index contributed by atoms with van der Waals surface area (Å²) in [7, 11) is 1.42. The second-order valence-electron chi connectivity index (χ2n) is 4.20. The van der Waals surface area contributed by atoms with Crippen molar-refractivity contribution in [3.63, 3.8) is 0 Å². The molecular formula is C12H21NO2. The van der Waals surface area contributed by atoms with Crippen molar-refractivity contribution >= 4 is 5.97 Å². The summed E-state index contributed by atoms with van der Waals surface area (Å²) in [6.45, 7) is 7.24. The van der Waals surface area contributed by atoms with Gasteiger partial charge in [0.15, 0.2) is 0 Å². The summed E-state index contributed by atoms with van der Waals surface area (Å²) in [5.74, 6) is 0.623. The van der Waals surface area contributed by atoms with Gasteiger partial charge in [0, 0.05) is 18.7 Å². The third kappa shape index (κ3) is 3.67. The maximum atomic E-state index is 11.1. The third-order valence-electron chi connectivity index (χ3n) is 3.11. The second kappa shape index (κ2) is 5.91. The normalized spacial score (nSPS) is 23.1. The minimum atomic E-state index is -0.221. The maximum absolute atomic E-state index is 11.1. The van der Waals surface area contributed by atoms with Crippen LogP contribution in [-0.2, 0) is 9.53 Å². The minimum absolute atomic E-state index is 0.221. The lowest BCUT2D eigenvalue weighted by Crippen LogP contribution is -2.21. The highest BCUT2D eigenvalue weighted by Gasteiger charge is 2.19. The molecule has 1 aliphatic rings. The fourth-order valence-corrected chi connectivity index (χ4v) is 1.92. The van der Waals surface area contributed by atoms with Gasteiger partial charge in [-0.1, -0.05) is 19.4 Å². The van der Waals surface area contributed by atoms with E-state index in [-0.39, 0.29) is 5.97 Å². The largest absolute Gasteiger partial charge is 0.466 e. The molecule has 86 valence electrons. The first-order chi connectivity index (χ1) is 7.17. The number of carbonyl (C=O) groups excluding carboxylic acids is 1. The summed E-state index contributed by atoms with van der Waals surface area (Å²) in [6, 6.07) is 0. The molecule has 0 spiro atoms. The van der Waals surface area contributed by atoms with Gasteiger partial charge in [0.2, 0.25) is 0 Å². The molecule has 1 heterocycles. The van der Waals surface area contributed by atoms with Crippen LogP contribution < -0.4 is 0 Å². The molecule has 0 N–H and O–H groups in total. The van der Waals surface area contributed by atoms with Crippen LogP contribution in [0.15, 0.2) is 11.6 Å². The maximum Gasteiger partial charge on any atom is 0.333 e. The first-order valence-electron chi connectivity index (χ1n) is 5.64. The number of hydrogen-bond donors (Lipinski definition) is 0. The van der Waals surface area contributed by atoms with Gasteiger partial charge in [-0.25, -0.2) is 4.79 Å². The molecule has 0 aromatic carbocycles. The summed E-state index contributed by atoms with van der Waals surface area (Å²) in [4.78, 5) is 13.5. The Balaban J connectivity index is 2.34. The van der Waals surface area contributed by atoms with E-state index < -0.39 is 0 Å². The van der Waals surface area contributed by atoms with Crippen LogP contribution in [0, 0.1) is 5.92 Å². The molecule has 0 aromatic rings. The first kappa shape index (κ1) is 12.2. The van der Waals surface area contributed by atoms with Gasteiger partial charge >= 0.3 is 5.97 Å². The van der Waals surface area contributed by atoms with Crippen molar-refractivity contribution < 1.29 is 9.53 Å². The van der Waals surface area contributed by atoms with Gasteiger partial charge in [-0.15, -0.1) is 0 Å². The summed E-state index contributed by atoms with van der Waals surface area (Å²) in [6.07, 6.45) is 4.52. The molecule has 1 saturated heterocycles. The molecule has 3 heteroatoms. The van der Waals surface area contributed by atoms with Gasteiger partial charge in [-0.05, 0) is 25.8 Å². The van der Waals surface area contributed by atoms with E-state index in [2.05, 4.69) is 16.6 Å². The van der Waals surface area contributed by atoms with Crippen molar-refractivity contribution in [1.82, 2.24) is 4.90 Å². The number of esters is 1. The van der Waals surface area contributed by atoms with E-state index in [0.717, 1.165) is 19.0 Å². The van der Waals surface area contributed by atoms with Crippen molar-refractivity contribution in [2.45, 2.75) is 26.7 Å². The number of likely N-dealkylation sites (tertiary alicyclic amines) is 1. The molecule has 1 aliphatic heterocycles. The fraction of sp³-hybridized carbons (Fsp3) is 0.750. The van der Waals surface area contributed by atoms with E-state index in [1.54, 1.807) is 6.92 Å². The molecular weight excluding hydrogens is 190 g/mol. The van der Waals surface area contributed by atoms with Crippen molar-refractivity contribution in [2.24, 2.45) is 5.92 Å². The molecule has 0 aromatic heterocycles. The molecule has 1 rings (SSSR count). The fourth-order valence-electron chi connectivity index (χ4n) is 1.92. The number of carbonyl (C=O) groups is 1. The van der Waals surface area contributed by atoms with Crippen molar-refractivity contribution in [3.05, 3.63) is 11.6 Å². The first-order valence-corrected chi connectivity index (χ1v) is 5.64. The van der Waals surface area contributed by atoms with Gasteiger partial charge in [0.1, 0.15) is 0 Å². The van der Waals surface area contributed by atoms with Crippen LogP contribution in [0.25, 0.3) is 0 Å². The average molecular weight is 211 g/mol. The quantitative estimate of drug-likeness (QED) is 0.525. The number of methoxy groups -OCH3 is 1. The Morgan fingerprint density at radius 2 is 2.33 bits per heavy atom. The van der Waals surface area contributed by atoms with Gasteiger partial charge in [0.05, 0.1) is 7.11 Å². The predicted octanol–water partition coefficient (Wildman–Crippen LogP) is 1.84. The second-order valence-corrected chi connectivity index (χ2v) is 4.20. The lowest BCUT2D eigenvalue weighted by molar-refractivity contribution is -0.136. The van der Waals surface area contributed by atoms with E-state index in [9.17, 15) is 4.79 Å². The third-order valence-corrected chi connectivity index (χ3v) is 3.11. The predicted molar refractivity (Wildman–Crippen MR) is 60.6 cm³/mol. The van der Waals surface area contributed by atoms with Crippen LogP contribution in [0.2, 0.25) is 0 Å². The topological polar surface area (TPSA) is 29.5 Å². The number of ether oxygens (including phenoxy) is 1. The smallest absolute Gasteiger partial charge is 0.333 e. The standard InChI is InChI=1S/C12H21NO2/c1-4-11-6-8-13(9-11)7-5-10(2)12(14)15-3/h5,11H,4,6-9H2,1-3H3/b10-5-. The Hall–Kier alpha value is -0.830. The van der Waals surface area contributed by atoms with Gasteiger partial charge in [-0.3, -0.25) is 4.90 Å². The van der Waals surface area contributed by atoms with E-state index in [4.69, 9.17) is 0 Å². The van der Waals surface area contributed by atoms with E-state index in [0.29, 0.717) is 5.57 Å². The van der Waals surface area contributed by atoms with Gasteiger partial charge in [-0.2, -0.15) is 0 Å². The van der Waals surface area contributed by atoms with Gasteiger partial charge in [0.25, 0.3) is 0 Å². The lowest BCUT2D eigenvalue weighted by atomic mass is 10.1. The Bertz CT molecular complexity index is 248. The minimum Gasteiger partial charge on any atom is -0.466 e. The van der Waals surface area contributed by atoms with Crippen LogP contribution in [0.5, 0.6) is 0 Å². The number of hydrogen-bond acceptors (Lipinski definition) is 3. The van der Waals surface area contributed by atoms with E-state index >= 15 is 0 Å². The lowest BCUT2D eigenvalue weighted by Gasteiger charge is -2.13. The van der Waals surface area contributed by atoms with Crippen LogP contribution in [0.4, 0.5) is 0 Å². The molecule has 3 nitrogen and oxygen atoms in total. The highest BCUT2D eigenvalue weighted by atomic mass is 16.5. The van der Waals surface area contributed by atoms with Crippen molar-refractivity contribution in [2.75, 3.05) is 26.7 Å². The summed E-state index contributed by atoms with van der Waals surface area (Å²) in [5.41, 5.74) is 0.706. The zero-order valence-electron chi connectivity index (χ0n) is 9.95. The van der Waals surface area contributed by atoms with Crippen molar-refractivity contribution in [3.8, 4) is 0 Å². The monoisotopic (exact) mass is 211 g/mol. The van der Waals surface area contributed by atoms with Crippen LogP contribution >= 0.6 is 0 Å². The van der Waals surface area contributed by atoms with Gasteiger partial charge < -0.3 is 4.74 Å². The zero-order valence-corrected chi connectivity index (χ0v) is 9.95. The summed E-state index contributed by atoms with van der Waals surface area (Å²) in [5, 5.41) is 0. The zero-order chi connectivity index (χ0) is 11.3. The summed E-state index contributed by atoms with van der Waals surface area (Å²) >= 11 is 0. The Kier molecular flexibility index (Phi) is 4.82. The highest BCUT2D eigenvalue weighted by molar-refractivity contribution is 5.87. The Morgan fingerprint density at radius 3 is 2.87 bits per heavy atom. The molecule has 1 fully saturated rings. The molecule has 1 unspecified atom stereocenters. The van der Waals surface area contributed by atoms with Crippen molar-refractivity contribution in [1.29, 1.82) is 0 Å². The molecule has 0 radical (unpaired) electrons. The Labute approximate surface area is 92.1 Å². The van der Waals surface area contributed by atoms with Crippen LogP contribution in [0.1, 0.15) is 26.7 Å². The number of rotatable bonds is 4. The Morgan fingerprint density at radius 1 is 1.60 bits per heavy atom. The van der Waals surface area contributed by atoms with Crippen LogP contribution in [0.3, 0.4) is 0 Å². The van der Waals surface area contributed by atoms with Crippen LogP contribution in [-0.4, -0.2) is 37.6 Å².